The number of pyridine rings is 1. The number of ketones is 1. The van der Waals surface area contributed by atoms with Crippen molar-refractivity contribution in [3.05, 3.63) is 58.2 Å². The highest BCUT2D eigenvalue weighted by molar-refractivity contribution is 6.46. The van der Waals surface area contributed by atoms with Crippen LogP contribution < -0.4 is 0 Å². The lowest BCUT2D eigenvalue weighted by molar-refractivity contribution is -0.140. The number of hydrogen-bond donors (Lipinski definition) is 2. The van der Waals surface area contributed by atoms with Gasteiger partial charge >= 0.3 is 5.97 Å². The van der Waals surface area contributed by atoms with Gasteiger partial charge in [-0.25, -0.2) is 4.79 Å². The molecule has 0 radical (unpaired) electrons. The van der Waals surface area contributed by atoms with E-state index in [0.29, 0.717) is 35.3 Å². The van der Waals surface area contributed by atoms with Crippen LogP contribution in [0.3, 0.4) is 0 Å². The van der Waals surface area contributed by atoms with Crippen molar-refractivity contribution in [2.24, 2.45) is 0 Å². The van der Waals surface area contributed by atoms with E-state index < -0.39 is 23.7 Å². The largest absolute Gasteiger partial charge is 0.507 e. The number of Topliss-reactive ketones (excluding diaryl/α,β-unsaturated/α-hetero) is 1. The Morgan fingerprint density at radius 1 is 1.23 bits per heavy atom. The number of H-pyrrole nitrogens is 1. The predicted molar refractivity (Wildman–Crippen MR) is 132 cm³/mol. The van der Waals surface area contributed by atoms with E-state index in [1.165, 1.54) is 4.90 Å². The highest BCUT2D eigenvalue weighted by atomic mass is 16.5. The smallest absolute Gasteiger partial charge is 0.355 e. The standard InChI is InChI=1S/C26H34N4O5/c1-6-29(7-2)13-10-14-30-22(18-11-9-12-27-15-18)20(24(32)25(30)33)23(31)19-16(4)21(28-17(19)5)26(34)35-8-3/h9,11-12,15,22,28,31H,6-8,10,13-14H2,1-5H3/b23-20-. The van der Waals surface area contributed by atoms with Gasteiger partial charge in [0.05, 0.1) is 18.2 Å². The summed E-state index contributed by atoms with van der Waals surface area (Å²) in [7, 11) is 0. The quantitative estimate of drug-likeness (QED) is 0.231. The third-order valence-electron chi connectivity index (χ3n) is 6.46. The lowest BCUT2D eigenvalue weighted by Crippen LogP contribution is -2.33. The van der Waals surface area contributed by atoms with E-state index in [1.807, 2.05) is 0 Å². The molecule has 188 valence electrons. The van der Waals surface area contributed by atoms with Gasteiger partial charge in [0.15, 0.2) is 0 Å². The summed E-state index contributed by atoms with van der Waals surface area (Å²) >= 11 is 0. The number of aromatic amines is 1. The van der Waals surface area contributed by atoms with Crippen LogP contribution in [0.4, 0.5) is 0 Å². The number of amides is 1. The topological polar surface area (TPSA) is 116 Å². The fourth-order valence-corrected chi connectivity index (χ4v) is 4.65. The number of aliphatic hydroxyl groups is 1. The average Bonchev–Trinajstić information content (AvgIpc) is 3.29. The van der Waals surface area contributed by atoms with E-state index in [1.54, 1.807) is 45.3 Å². The molecule has 3 rings (SSSR count). The van der Waals surface area contributed by atoms with Gasteiger partial charge in [-0.3, -0.25) is 14.6 Å². The molecule has 3 heterocycles. The molecule has 1 aliphatic rings. The maximum absolute atomic E-state index is 13.2. The highest BCUT2D eigenvalue weighted by Gasteiger charge is 2.46. The lowest BCUT2D eigenvalue weighted by atomic mass is 9.95. The Kier molecular flexibility index (Phi) is 8.45. The summed E-state index contributed by atoms with van der Waals surface area (Å²) in [5, 5.41) is 11.4. The molecule has 1 saturated heterocycles. The second-order valence-corrected chi connectivity index (χ2v) is 8.50. The van der Waals surface area contributed by atoms with Crippen LogP contribution in [0.15, 0.2) is 30.1 Å². The molecule has 0 spiro atoms. The van der Waals surface area contributed by atoms with Gasteiger partial charge in [-0.15, -0.1) is 0 Å². The summed E-state index contributed by atoms with van der Waals surface area (Å²) < 4.78 is 5.10. The minimum atomic E-state index is -0.778. The van der Waals surface area contributed by atoms with E-state index in [4.69, 9.17) is 4.74 Å². The second kappa shape index (κ2) is 11.3. The Labute approximate surface area is 205 Å². The van der Waals surface area contributed by atoms with Gasteiger partial charge in [-0.2, -0.15) is 0 Å². The Bertz CT molecular complexity index is 1120. The van der Waals surface area contributed by atoms with Crippen molar-refractivity contribution in [2.75, 3.05) is 32.8 Å². The second-order valence-electron chi connectivity index (χ2n) is 8.50. The van der Waals surface area contributed by atoms with Crippen LogP contribution in [0.25, 0.3) is 5.76 Å². The van der Waals surface area contributed by atoms with Gasteiger partial charge in [0, 0.05) is 30.2 Å². The van der Waals surface area contributed by atoms with Crippen LogP contribution in [0, 0.1) is 13.8 Å². The number of likely N-dealkylation sites (tertiary alicyclic amines) is 1. The number of aromatic nitrogens is 2. The number of aryl methyl sites for hydroxylation is 1. The number of esters is 1. The molecule has 2 aromatic rings. The van der Waals surface area contributed by atoms with Crippen molar-refractivity contribution in [3.8, 4) is 0 Å². The van der Waals surface area contributed by atoms with Gasteiger partial charge < -0.3 is 24.6 Å². The van der Waals surface area contributed by atoms with Crippen LogP contribution >= 0.6 is 0 Å². The molecule has 0 bridgehead atoms. The van der Waals surface area contributed by atoms with E-state index in [0.717, 1.165) is 19.6 Å². The average molecular weight is 483 g/mol. The molecule has 1 atom stereocenters. The first-order chi connectivity index (χ1) is 16.8. The number of carbonyl (C=O) groups is 3. The fourth-order valence-electron chi connectivity index (χ4n) is 4.65. The summed E-state index contributed by atoms with van der Waals surface area (Å²) in [4.78, 5) is 49.6. The number of carbonyl (C=O) groups excluding carboxylic acids is 3. The zero-order chi connectivity index (χ0) is 25.7. The molecule has 0 aliphatic carbocycles. The van der Waals surface area contributed by atoms with Gasteiger partial charge in [0.1, 0.15) is 11.5 Å². The van der Waals surface area contributed by atoms with Crippen LogP contribution in [0.2, 0.25) is 0 Å². The fraction of sp³-hybridized carbons (Fsp3) is 0.462. The van der Waals surface area contributed by atoms with E-state index in [2.05, 4.69) is 28.7 Å². The van der Waals surface area contributed by atoms with Crippen molar-refractivity contribution in [3.63, 3.8) is 0 Å². The Morgan fingerprint density at radius 3 is 2.54 bits per heavy atom. The third-order valence-corrected chi connectivity index (χ3v) is 6.46. The van der Waals surface area contributed by atoms with Crippen LogP contribution in [0.5, 0.6) is 0 Å². The molecule has 1 fully saturated rings. The molecule has 2 N–H and O–H groups in total. The molecule has 1 amide bonds. The number of hydrogen-bond acceptors (Lipinski definition) is 7. The molecule has 0 aromatic carbocycles. The van der Waals surface area contributed by atoms with Crippen LogP contribution in [0.1, 0.15) is 66.1 Å². The Morgan fingerprint density at radius 2 is 1.94 bits per heavy atom. The van der Waals surface area contributed by atoms with Crippen molar-refractivity contribution in [2.45, 2.75) is 47.1 Å². The zero-order valence-electron chi connectivity index (χ0n) is 21.1. The minimum Gasteiger partial charge on any atom is -0.507 e. The summed E-state index contributed by atoms with van der Waals surface area (Å²) in [6, 6.07) is 2.74. The molecule has 1 unspecified atom stereocenters. The Hall–Kier alpha value is -3.46. The number of nitrogens with zero attached hydrogens (tertiary/aromatic N) is 3. The van der Waals surface area contributed by atoms with Crippen LogP contribution in [-0.2, 0) is 14.3 Å². The summed E-state index contributed by atoms with van der Waals surface area (Å²) in [5.41, 5.74) is 2.11. The van der Waals surface area contributed by atoms with E-state index >= 15 is 0 Å². The molecular weight excluding hydrogens is 448 g/mol. The first-order valence-corrected chi connectivity index (χ1v) is 12.0. The first kappa shape index (κ1) is 26.2. The Balaban J connectivity index is 2.08. The highest BCUT2D eigenvalue weighted by Crippen LogP contribution is 2.40. The number of ether oxygens (including phenoxy) is 1. The monoisotopic (exact) mass is 482 g/mol. The molecule has 2 aromatic heterocycles. The predicted octanol–water partition coefficient (Wildman–Crippen LogP) is 3.36. The molecule has 1 aliphatic heterocycles. The van der Waals surface area contributed by atoms with Gasteiger partial charge in [0.2, 0.25) is 0 Å². The van der Waals surface area contributed by atoms with Crippen molar-refractivity contribution in [1.29, 1.82) is 0 Å². The van der Waals surface area contributed by atoms with E-state index in [9.17, 15) is 19.5 Å². The van der Waals surface area contributed by atoms with Crippen molar-refractivity contribution >= 4 is 23.4 Å². The molecule has 0 saturated carbocycles. The molecule has 9 heteroatoms. The maximum atomic E-state index is 13.2. The third kappa shape index (κ3) is 5.14. The molecular formula is C26H34N4O5. The normalized spacial score (nSPS) is 17.4. The van der Waals surface area contributed by atoms with Crippen molar-refractivity contribution in [1.82, 2.24) is 19.8 Å². The van der Waals surface area contributed by atoms with Gasteiger partial charge in [-0.1, -0.05) is 19.9 Å². The number of aliphatic hydroxyl groups excluding tert-OH is 1. The zero-order valence-corrected chi connectivity index (χ0v) is 21.1. The first-order valence-electron chi connectivity index (χ1n) is 12.0. The SMILES string of the molecule is CCOC(=O)c1[nH]c(C)c(/C(O)=C2/C(=O)C(=O)N(CCCN(CC)CC)C2c2cccnc2)c1C. The van der Waals surface area contributed by atoms with Gasteiger partial charge in [0.25, 0.3) is 11.7 Å². The summed E-state index contributed by atoms with van der Waals surface area (Å²) in [6.45, 7) is 12.4. The number of nitrogens with one attached hydrogen (secondary N) is 1. The van der Waals surface area contributed by atoms with Crippen molar-refractivity contribution < 1.29 is 24.2 Å². The number of rotatable bonds is 10. The lowest BCUT2D eigenvalue weighted by Gasteiger charge is -2.26. The van der Waals surface area contributed by atoms with Gasteiger partial charge in [-0.05, 0) is 64.0 Å². The molecule has 9 nitrogen and oxygen atoms in total. The minimum absolute atomic E-state index is 0.00792. The summed E-state index contributed by atoms with van der Waals surface area (Å²) in [5.74, 6) is -2.27. The maximum Gasteiger partial charge on any atom is 0.355 e. The van der Waals surface area contributed by atoms with E-state index in [-0.39, 0.29) is 23.6 Å². The van der Waals surface area contributed by atoms with Crippen LogP contribution in [-0.4, -0.2) is 75.3 Å². The molecule has 35 heavy (non-hydrogen) atoms. The summed E-state index contributed by atoms with van der Waals surface area (Å²) in [6.07, 6.45) is 3.89.